The lowest BCUT2D eigenvalue weighted by Crippen LogP contribution is -2.39. The highest BCUT2D eigenvalue weighted by Crippen LogP contribution is 2.29. The summed E-state index contributed by atoms with van der Waals surface area (Å²) in [7, 11) is 0.572. The van der Waals surface area contributed by atoms with E-state index in [1.165, 1.54) is 31.7 Å². The molecule has 3 rings (SSSR count). The molecule has 0 fully saturated rings. The lowest BCUT2D eigenvalue weighted by Gasteiger charge is -2.23. The average Bonchev–Trinajstić information content (AvgIpc) is 2.87. The average molecular weight is 499 g/mol. The third-order valence-corrected chi connectivity index (χ3v) is 7.34. The number of amides is 1. The molecule has 0 aliphatic carbocycles. The first-order valence-corrected chi connectivity index (χ1v) is 12.4. The maximum atomic E-state index is 13.6. The zero-order valence-corrected chi connectivity index (χ0v) is 21.1. The summed E-state index contributed by atoms with van der Waals surface area (Å²) in [5.74, 6) is 1.07. The number of sulfonamides is 1. The first kappa shape index (κ1) is 26.1. The largest absolute Gasteiger partial charge is 0.497 e. The highest BCUT2D eigenvalue weighted by molar-refractivity contribution is 7.89. The Bertz CT molecular complexity index is 1260. The van der Waals surface area contributed by atoms with Crippen LogP contribution in [0.5, 0.6) is 17.2 Å². The van der Waals surface area contributed by atoms with Gasteiger partial charge in [-0.05, 0) is 54.8 Å². The molecule has 0 spiro atoms. The molecule has 3 aromatic carbocycles. The van der Waals surface area contributed by atoms with Crippen LogP contribution in [0.4, 0.5) is 5.69 Å². The molecule has 186 valence electrons. The maximum absolute atomic E-state index is 13.6. The normalized spacial score (nSPS) is 11.2. The van der Waals surface area contributed by atoms with Gasteiger partial charge in [0.15, 0.2) is 0 Å². The number of aryl methyl sites for hydroxylation is 1. The number of nitrogens with zero attached hydrogens (tertiary/aromatic N) is 1. The number of hydrogen-bond acceptors (Lipinski definition) is 6. The molecule has 0 unspecified atom stereocenters. The van der Waals surface area contributed by atoms with Gasteiger partial charge < -0.3 is 19.5 Å². The van der Waals surface area contributed by atoms with Crippen LogP contribution in [0.2, 0.25) is 0 Å². The predicted molar refractivity (Wildman–Crippen MR) is 135 cm³/mol. The minimum Gasteiger partial charge on any atom is -0.497 e. The number of rotatable bonds is 11. The molecule has 0 saturated heterocycles. The van der Waals surface area contributed by atoms with E-state index in [2.05, 4.69) is 5.32 Å². The molecule has 0 atom stereocenters. The third kappa shape index (κ3) is 6.52. The fourth-order valence-electron chi connectivity index (χ4n) is 3.59. The lowest BCUT2D eigenvalue weighted by atomic mass is 10.1. The van der Waals surface area contributed by atoms with Gasteiger partial charge in [0.25, 0.3) is 0 Å². The second kappa shape index (κ2) is 11.7. The SMILES string of the molecule is COc1ccc(NC(=O)CN(CCc2ccccc2)S(=O)(=O)c2ccc(OC)c(C)c2)c(OC)c1. The van der Waals surface area contributed by atoms with E-state index >= 15 is 0 Å². The maximum Gasteiger partial charge on any atom is 0.243 e. The Hall–Kier alpha value is -3.56. The van der Waals surface area contributed by atoms with Crippen molar-refractivity contribution in [2.45, 2.75) is 18.2 Å². The van der Waals surface area contributed by atoms with Crippen LogP contribution in [0.3, 0.4) is 0 Å². The lowest BCUT2D eigenvalue weighted by molar-refractivity contribution is -0.116. The first-order valence-electron chi connectivity index (χ1n) is 11.0. The molecular weight excluding hydrogens is 468 g/mol. The number of hydrogen-bond donors (Lipinski definition) is 1. The molecule has 8 nitrogen and oxygen atoms in total. The Morgan fingerprint density at radius 3 is 2.23 bits per heavy atom. The van der Waals surface area contributed by atoms with Gasteiger partial charge in [-0.3, -0.25) is 4.79 Å². The number of anilines is 1. The topological polar surface area (TPSA) is 94.2 Å². The molecule has 1 N–H and O–H groups in total. The summed E-state index contributed by atoms with van der Waals surface area (Å²) in [6, 6.07) is 19.1. The Balaban J connectivity index is 1.86. The van der Waals surface area contributed by atoms with Crippen LogP contribution in [0.15, 0.2) is 71.6 Å². The van der Waals surface area contributed by atoms with Crippen LogP contribution < -0.4 is 19.5 Å². The van der Waals surface area contributed by atoms with Crippen molar-refractivity contribution in [2.75, 3.05) is 39.7 Å². The fourth-order valence-corrected chi connectivity index (χ4v) is 5.08. The predicted octanol–water partition coefficient (Wildman–Crippen LogP) is 3.89. The van der Waals surface area contributed by atoms with Crippen LogP contribution in [-0.4, -0.2) is 53.0 Å². The molecule has 0 aliphatic heterocycles. The molecule has 0 aliphatic rings. The smallest absolute Gasteiger partial charge is 0.243 e. The van der Waals surface area contributed by atoms with Crippen LogP contribution in [-0.2, 0) is 21.2 Å². The van der Waals surface area contributed by atoms with Crippen LogP contribution in [0.1, 0.15) is 11.1 Å². The van der Waals surface area contributed by atoms with Gasteiger partial charge in [0.05, 0.1) is 38.5 Å². The third-order valence-electron chi connectivity index (χ3n) is 5.50. The van der Waals surface area contributed by atoms with Crippen molar-refractivity contribution in [3.8, 4) is 17.2 Å². The number of nitrogens with one attached hydrogen (secondary N) is 1. The molecule has 9 heteroatoms. The second-order valence-corrected chi connectivity index (χ2v) is 9.76. The van der Waals surface area contributed by atoms with E-state index in [4.69, 9.17) is 14.2 Å². The summed E-state index contributed by atoms with van der Waals surface area (Å²) >= 11 is 0. The van der Waals surface area contributed by atoms with Crippen LogP contribution >= 0.6 is 0 Å². The van der Waals surface area contributed by atoms with Crippen molar-refractivity contribution >= 4 is 21.6 Å². The number of ether oxygens (including phenoxy) is 3. The fraction of sp³-hybridized carbons (Fsp3) is 0.269. The van der Waals surface area contributed by atoms with Gasteiger partial charge in [-0.25, -0.2) is 8.42 Å². The van der Waals surface area contributed by atoms with Gasteiger partial charge in [-0.15, -0.1) is 0 Å². The van der Waals surface area contributed by atoms with Crippen molar-refractivity contribution in [3.63, 3.8) is 0 Å². The zero-order valence-electron chi connectivity index (χ0n) is 20.3. The van der Waals surface area contributed by atoms with Gasteiger partial charge in [-0.2, -0.15) is 4.31 Å². The Labute approximate surface area is 206 Å². The summed E-state index contributed by atoms with van der Waals surface area (Å²) in [5.41, 5.74) is 2.07. The Morgan fingerprint density at radius 1 is 0.886 bits per heavy atom. The van der Waals surface area contributed by atoms with Crippen LogP contribution in [0.25, 0.3) is 0 Å². The summed E-state index contributed by atoms with van der Waals surface area (Å²) in [5, 5.41) is 2.75. The van der Waals surface area contributed by atoms with E-state index in [1.54, 1.807) is 37.3 Å². The monoisotopic (exact) mass is 498 g/mol. The highest BCUT2D eigenvalue weighted by Gasteiger charge is 2.27. The van der Waals surface area contributed by atoms with Gasteiger partial charge >= 0.3 is 0 Å². The summed E-state index contributed by atoms with van der Waals surface area (Å²) in [6.45, 7) is 1.54. The van der Waals surface area contributed by atoms with E-state index in [1.807, 2.05) is 30.3 Å². The second-order valence-electron chi connectivity index (χ2n) is 7.82. The Morgan fingerprint density at radius 2 is 1.60 bits per heavy atom. The van der Waals surface area contributed by atoms with Gasteiger partial charge in [0.1, 0.15) is 17.2 Å². The number of benzene rings is 3. The van der Waals surface area contributed by atoms with E-state index in [-0.39, 0.29) is 18.0 Å². The van der Waals surface area contributed by atoms with Crippen molar-refractivity contribution < 1.29 is 27.4 Å². The number of carbonyl (C=O) groups is 1. The minimum absolute atomic E-state index is 0.0960. The number of methoxy groups -OCH3 is 3. The van der Waals surface area contributed by atoms with Gasteiger partial charge in [-0.1, -0.05) is 30.3 Å². The molecule has 3 aromatic rings. The molecule has 0 heterocycles. The standard InChI is InChI=1S/C26H30N2O6S/c1-19-16-22(11-13-24(19)33-3)35(30,31)28(15-14-20-8-6-5-7-9-20)18-26(29)27-23-12-10-21(32-2)17-25(23)34-4/h5-13,16-17H,14-15,18H2,1-4H3,(H,27,29). The minimum atomic E-state index is -3.97. The summed E-state index contributed by atoms with van der Waals surface area (Å²) < 4.78 is 44.1. The van der Waals surface area contributed by atoms with Gasteiger partial charge in [0.2, 0.25) is 15.9 Å². The molecule has 0 saturated carbocycles. The quantitative estimate of drug-likeness (QED) is 0.431. The molecule has 0 aromatic heterocycles. The van der Waals surface area contributed by atoms with E-state index < -0.39 is 15.9 Å². The first-order chi connectivity index (χ1) is 16.8. The highest BCUT2D eigenvalue weighted by atomic mass is 32.2. The molecule has 1 amide bonds. The molecule has 35 heavy (non-hydrogen) atoms. The van der Waals surface area contributed by atoms with E-state index in [0.29, 0.717) is 34.9 Å². The zero-order chi connectivity index (χ0) is 25.4. The van der Waals surface area contributed by atoms with Crippen molar-refractivity contribution in [3.05, 3.63) is 77.9 Å². The number of carbonyl (C=O) groups excluding carboxylic acids is 1. The molecule has 0 radical (unpaired) electrons. The van der Waals surface area contributed by atoms with Crippen molar-refractivity contribution in [1.82, 2.24) is 4.31 Å². The summed E-state index contributed by atoms with van der Waals surface area (Å²) in [6.07, 6.45) is 0.453. The van der Waals surface area contributed by atoms with E-state index in [9.17, 15) is 13.2 Å². The van der Waals surface area contributed by atoms with E-state index in [0.717, 1.165) is 5.56 Å². The van der Waals surface area contributed by atoms with Crippen molar-refractivity contribution in [1.29, 1.82) is 0 Å². The van der Waals surface area contributed by atoms with Crippen molar-refractivity contribution in [2.24, 2.45) is 0 Å². The Kier molecular flexibility index (Phi) is 8.73. The van der Waals surface area contributed by atoms with Crippen LogP contribution in [0, 0.1) is 6.92 Å². The molecular formula is C26H30N2O6S. The van der Waals surface area contributed by atoms with Gasteiger partial charge in [0, 0.05) is 12.6 Å². The molecule has 0 bridgehead atoms. The summed E-state index contributed by atoms with van der Waals surface area (Å²) in [4.78, 5) is 13.1.